The Morgan fingerprint density at radius 1 is 1.44 bits per heavy atom. The minimum atomic E-state index is -0.112. The van der Waals surface area contributed by atoms with Gasteiger partial charge >= 0.3 is 5.97 Å². The zero-order chi connectivity index (χ0) is 13.6. The van der Waals surface area contributed by atoms with Crippen LogP contribution in [0.1, 0.15) is 47.0 Å². The van der Waals surface area contributed by atoms with E-state index >= 15 is 0 Å². The molecule has 2 N–H and O–H groups in total. The van der Waals surface area contributed by atoms with Gasteiger partial charge in [-0.05, 0) is 48.9 Å². The Balaban J connectivity index is 2.22. The fraction of sp³-hybridized carbons (Fsp3) is 0.933. The molecule has 0 spiro atoms. The second-order valence-electron chi connectivity index (χ2n) is 6.81. The van der Waals surface area contributed by atoms with Crippen molar-refractivity contribution >= 4 is 5.97 Å². The molecule has 18 heavy (non-hydrogen) atoms. The first-order valence-electron chi connectivity index (χ1n) is 7.25. The summed E-state index contributed by atoms with van der Waals surface area (Å²) in [6, 6.07) is 0. The van der Waals surface area contributed by atoms with E-state index in [0.717, 1.165) is 12.3 Å². The van der Waals surface area contributed by atoms with Gasteiger partial charge in [-0.15, -0.1) is 0 Å². The molecule has 0 saturated heterocycles. The normalized spacial score (nSPS) is 38.7. The SMILES string of the molecule is CCOC(=O)[C@H](CN)[C@@H]1C[C@@H]2CC[C@]1(C)C2(C)C. The summed E-state index contributed by atoms with van der Waals surface area (Å²) >= 11 is 0. The standard InChI is InChI=1S/C15H27NO2/c1-5-18-13(17)11(9-16)12-8-10-6-7-15(12,4)14(10,2)3/h10-12H,5-9,16H2,1-4H3/t10-,11+,12-,15-/m0/s1. The van der Waals surface area contributed by atoms with Crippen molar-refractivity contribution in [1.82, 2.24) is 0 Å². The van der Waals surface area contributed by atoms with Crippen LogP contribution in [0.25, 0.3) is 0 Å². The van der Waals surface area contributed by atoms with Crippen molar-refractivity contribution in [3.63, 3.8) is 0 Å². The molecule has 0 radical (unpaired) electrons. The third-order valence-electron chi connectivity index (χ3n) is 6.19. The van der Waals surface area contributed by atoms with Gasteiger partial charge in [0.1, 0.15) is 0 Å². The van der Waals surface area contributed by atoms with E-state index in [1.54, 1.807) is 0 Å². The van der Waals surface area contributed by atoms with Gasteiger partial charge in [0.25, 0.3) is 0 Å². The molecular formula is C15H27NO2. The van der Waals surface area contributed by atoms with Crippen LogP contribution in [0.3, 0.4) is 0 Å². The molecule has 4 atom stereocenters. The van der Waals surface area contributed by atoms with E-state index in [1.807, 2.05) is 6.92 Å². The van der Waals surface area contributed by atoms with Crippen molar-refractivity contribution in [3.8, 4) is 0 Å². The predicted octanol–water partition coefficient (Wildman–Crippen LogP) is 2.59. The molecule has 2 rings (SSSR count). The molecule has 104 valence electrons. The van der Waals surface area contributed by atoms with Gasteiger partial charge in [-0.25, -0.2) is 0 Å². The molecule has 0 aliphatic heterocycles. The number of hydrogen-bond acceptors (Lipinski definition) is 3. The highest BCUT2D eigenvalue weighted by Gasteiger charge is 2.63. The molecule has 2 aliphatic rings. The maximum Gasteiger partial charge on any atom is 0.310 e. The summed E-state index contributed by atoms with van der Waals surface area (Å²) in [5.74, 6) is 0.945. The number of carbonyl (C=O) groups excluding carboxylic acids is 1. The predicted molar refractivity (Wildman–Crippen MR) is 71.9 cm³/mol. The zero-order valence-electron chi connectivity index (χ0n) is 12.2. The van der Waals surface area contributed by atoms with Gasteiger partial charge in [-0.2, -0.15) is 0 Å². The first kappa shape index (κ1) is 13.9. The van der Waals surface area contributed by atoms with Crippen molar-refractivity contribution in [2.24, 2.45) is 34.3 Å². The Bertz CT molecular complexity index is 339. The van der Waals surface area contributed by atoms with Crippen molar-refractivity contribution < 1.29 is 9.53 Å². The number of carbonyl (C=O) groups is 1. The van der Waals surface area contributed by atoms with Gasteiger partial charge in [0.15, 0.2) is 0 Å². The molecule has 2 saturated carbocycles. The van der Waals surface area contributed by atoms with Gasteiger partial charge in [0, 0.05) is 6.54 Å². The van der Waals surface area contributed by atoms with Gasteiger partial charge in [-0.1, -0.05) is 20.8 Å². The summed E-state index contributed by atoms with van der Waals surface area (Å²) in [6.07, 6.45) is 3.68. The lowest BCUT2D eigenvalue weighted by Crippen LogP contribution is -2.42. The highest BCUT2D eigenvalue weighted by Crippen LogP contribution is 2.69. The topological polar surface area (TPSA) is 52.3 Å². The molecule has 0 heterocycles. The summed E-state index contributed by atoms with van der Waals surface area (Å²) in [7, 11) is 0. The second kappa shape index (κ2) is 4.52. The summed E-state index contributed by atoms with van der Waals surface area (Å²) in [6.45, 7) is 9.81. The van der Waals surface area contributed by atoms with Crippen LogP contribution in [0.15, 0.2) is 0 Å². The first-order chi connectivity index (χ1) is 8.38. The van der Waals surface area contributed by atoms with Crippen molar-refractivity contribution in [3.05, 3.63) is 0 Å². The van der Waals surface area contributed by atoms with Crippen LogP contribution in [0.4, 0.5) is 0 Å². The van der Waals surface area contributed by atoms with E-state index in [1.165, 1.54) is 12.8 Å². The third kappa shape index (κ3) is 1.70. The Labute approximate surface area is 110 Å². The Hall–Kier alpha value is -0.570. The van der Waals surface area contributed by atoms with Crippen LogP contribution < -0.4 is 5.73 Å². The third-order valence-corrected chi connectivity index (χ3v) is 6.19. The van der Waals surface area contributed by atoms with Crippen molar-refractivity contribution in [2.45, 2.75) is 47.0 Å². The first-order valence-corrected chi connectivity index (χ1v) is 7.25. The maximum absolute atomic E-state index is 12.1. The van der Waals surface area contributed by atoms with Crippen LogP contribution in [-0.2, 0) is 9.53 Å². The smallest absolute Gasteiger partial charge is 0.310 e. The second-order valence-corrected chi connectivity index (χ2v) is 6.81. The van der Waals surface area contributed by atoms with Gasteiger partial charge in [-0.3, -0.25) is 4.79 Å². The quantitative estimate of drug-likeness (QED) is 0.783. The highest BCUT2D eigenvalue weighted by atomic mass is 16.5. The molecule has 3 nitrogen and oxygen atoms in total. The van der Waals surface area contributed by atoms with E-state index in [0.29, 0.717) is 24.5 Å². The van der Waals surface area contributed by atoms with E-state index in [-0.39, 0.29) is 17.3 Å². The number of esters is 1. The summed E-state index contributed by atoms with van der Waals surface area (Å²) in [5.41, 5.74) is 6.44. The minimum absolute atomic E-state index is 0.0884. The molecule has 0 aromatic rings. The summed E-state index contributed by atoms with van der Waals surface area (Å²) in [4.78, 5) is 12.1. The van der Waals surface area contributed by atoms with Crippen molar-refractivity contribution in [2.75, 3.05) is 13.2 Å². The van der Waals surface area contributed by atoms with Crippen LogP contribution in [0, 0.1) is 28.6 Å². The minimum Gasteiger partial charge on any atom is -0.466 e. The molecular weight excluding hydrogens is 226 g/mol. The molecule has 0 amide bonds. The molecule has 0 aromatic carbocycles. The summed E-state index contributed by atoms with van der Waals surface area (Å²) < 4.78 is 5.21. The number of nitrogens with two attached hydrogens (primary N) is 1. The largest absolute Gasteiger partial charge is 0.466 e. The molecule has 2 bridgehead atoms. The lowest BCUT2D eigenvalue weighted by Gasteiger charge is -2.41. The summed E-state index contributed by atoms with van der Waals surface area (Å²) in [5, 5.41) is 0. The van der Waals surface area contributed by atoms with Crippen LogP contribution in [0.2, 0.25) is 0 Å². The van der Waals surface area contributed by atoms with E-state index in [9.17, 15) is 4.79 Å². The average molecular weight is 253 g/mol. The van der Waals surface area contributed by atoms with Crippen LogP contribution in [-0.4, -0.2) is 19.1 Å². The molecule has 0 unspecified atom stereocenters. The molecule has 0 aromatic heterocycles. The fourth-order valence-electron chi connectivity index (χ4n) is 4.55. The lowest BCUT2D eigenvalue weighted by molar-refractivity contribution is -0.152. The van der Waals surface area contributed by atoms with Gasteiger partial charge < -0.3 is 10.5 Å². The number of ether oxygens (including phenoxy) is 1. The monoisotopic (exact) mass is 253 g/mol. The Kier molecular flexibility index (Phi) is 3.48. The van der Waals surface area contributed by atoms with Gasteiger partial charge in [0.05, 0.1) is 12.5 Å². The molecule has 3 heteroatoms. The molecule has 2 aliphatic carbocycles. The van der Waals surface area contributed by atoms with E-state index in [2.05, 4.69) is 20.8 Å². The average Bonchev–Trinajstić information content (AvgIpc) is 2.63. The van der Waals surface area contributed by atoms with Crippen LogP contribution in [0.5, 0.6) is 0 Å². The number of rotatable bonds is 4. The maximum atomic E-state index is 12.1. The van der Waals surface area contributed by atoms with Gasteiger partial charge in [0.2, 0.25) is 0 Å². The lowest BCUT2D eigenvalue weighted by atomic mass is 9.63. The van der Waals surface area contributed by atoms with Crippen molar-refractivity contribution in [1.29, 1.82) is 0 Å². The highest BCUT2D eigenvalue weighted by molar-refractivity contribution is 5.73. The Morgan fingerprint density at radius 2 is 2.11 bits per heavy atom. The number of hydrogen-bond donors (Lipinski definition) is 1. The fourth-order valence-corrected chi connectivity index (χ4v) is 4.55. The van der Waals surface area contributed by atoms with Crippen LogP contribution >= 0.6 is 0 Å². The van der Waals surface area contributed by atoms with E-state index in [4.69, 9.17) is 10.5 Å². The van der Waals surface area contributed by atoms with E-state index < -0.39 is 0 Å². The molecule has 2 fully saturated rings. The number of fused-ring (bicyclic) bond motifs is 2. The Morgan fingerprint density at radius 3 is 2.50 bits per heavy atom. The zero-order valence-corrected chi connectivity index (χ0v) is 12.2.